The van der Waals surface area contributed by atoms with E-state index in [0.29, 0.717) is 0 Å². The van der Waals surface area contributed by atoms with E-state index < -0.39 is 0 Å². The van der Waals surface area contributed by atoms with E-state index in [9.17, 15) is 5.21 Å². The van der Waals surface area contributed by atoms with Gasteiger partial charge in [-0.05, 0) is 0 Å². The molecule has 0 saturated carbocycles. The summed E-state index contributed by atoms with van der Waals surface area (Å²) in [6, 6.07) is 0. The van der Waals surface area contributed by atoms with Gasteiger partial charge < -0.3 is 10.4 Å². The Labute approximate surface area is 56.2 Å². The zero-order valence-corrected chi connectivity index (χ0v) is 5.63. The summed E-state index contributed by atoms with van der Waals surface area (Å²) in [5, 5.41) is 12.2. The molecule has 0 fully saturated rings. The van der Waals surface area contributed by atoms with E-state index in [1.54, 1.807) is 17.9 Å². The molecule has 0 amide bonds. The number of hydrogen-bond donors (Lipinski definition) is 0. The van der Waals surface area contributed by atoms with Crippen molar-refractivity contribution in [2.75, 3.05) is 0 Å². The molecule has 0 N–H and O–H groups in total. The van der Waals surface area contributed by atoms with Crippen molar-refractivity contribution in [3.8, 4) is 0 Å². The van der Waals surface area contributed by atoms with Crippen LogP contribution in [0.2, 0.25) is 0 Å². The first-order chi connectivity index (χ1) is 4.33. The zero-order chi connectivity index (χ0) is 6.69. The van der Waals surface area contributed by atoms with E-state index in [1.165, 1.54) is 17.7 Å². The Morgan fingerprint density at radius 2 is 2.78 bits per heavy atom. The molecule has 1 heterocycles. The van der Waals surface area contributed by atoms with E-state index in [4.69, 9.17) is 0 Å². The lowest BCUT2D eigenvalue weighted by atomic mass is 10.6. The second kappa shape index (κ2) is 2.54. The number of nitrogens with zero attached hydrogens (tertiary/aromatic N) is 3. The summed E-state index contributed by atoms with van der Waals surface area (Å²) in [5.41, 5.74) is 0. The number of rotatable bonds is 1. The Morgan fingerprint density at radius 1 is 2.00 bits per heavy atom. The summed E-state index contributed by atoms with van der Waals surface area (Å²) in [7, 11) is 1.79. The van der Waals surface area contributed by atoms with Crippen LogP contribution < -0.4 is 4.68 Å². The van der Waals surface area contributed by atoms with Crippen LogP contribution in [0.4, 0.5) is 0 Å². The smallest absolute Gasteiger partial charge is 0.217 e. The molecule has 9 heavy (non-hydrogen) atoms. The first-order valence-electron chi connectivity index (χ1n) is 2.31. The van der Waals surface area contributed by atoms with Crippen molar-refractivity contribution in [2.45, 2.75) is 0 Å². The quantitative estimate of drug-likeness (QED) is 0.313. The molecule has 0 aliphatic carbocycles. The lowest BCUT2D eigenvalue weighted by Crippen LogP contribution is -2.27. The molecule has 0 spiro atoms. The number of aromatic nitrogens is 2. The van der Waals surface area contributed by atoms with Crippen LogP contribution in [-0.4, -0.2) is 10.7 Å². The second-order valence-corrected chi connectivity index (χ2v) is 2.33. The van der Waals surface area contributed by atoms with Crippen LogP contribution in [-0.2, 0) is 7.05 Å². The van der Waals surface area contributed by atoms with Crippen LogP contribution in [0, 0.1) is 5.21 Å². The van der Waals surface area contributed by atoms with Gasteiger partial charge in [0, 0.05) is 17.7 Å². The lowest BCUT2D eigenvalue weighted by Gasteiger charge is -1.81. The van der Waals surface area contributed by atoms with Crippen molar-refractivity contribution in [1.29, 1.82) is 0 Å². The Hall–Kier alpha value is -0.970. The maximum atomic E-state index is 9.65. The Balaban J connectivity index is 2.85. The van der Waals surface area contributed by atoms with E-state index in [2.05, 4.69) is 9.64 Å². The van der Waals surface area contributed by atoms with Crippen LogP contribution in [0.1, 0.15) is 4.88 Å². The molecule has 48 valence electrons. The van der Waals surface area contributed by atoms with Gasteiger partial charge in [0.05, 0.1) is 4.49 Å². The molecular weight excluding hydrogens is 138 g/mol. The highest BCUT2D eigenvalue weighted by molar-refractivity contribution is 7.07. The average molecular weight is 143 g/mol. The van der Waals surface area contributed by atoms with Gasteiger partial charge in [0.15, 0.2) is 7.05 Å². The van der Waals surface area contributed by atoms with E-state index in [1.807, 2.05) is 0 Å². The van der Waals surface area contributed by atoms with E-state index in [0.717, 1.165) is 4.88 Å². The molecule has 0 radical (unpaired) electrons. The van der Waals surface area contributed by atoms with Gasteiger partial charge in [0.2, 0.25) is 6.20 Å². The molecule has 0 unspecified atom stereocenters. The Bertz CT molecular complexity index is 219. The van der Waals surface area contributed by atoms with Crippen LogP contribution in [0.5, 0.6) is 0 Å². The minimum absolute atomic E-state index is 0.771. The molecule has 4 nitrogen and oxygen atoms in total. The molecular formula is C4H5N3OS. The largest absolute Gasteiger partial charge is 0.792 e. The van der Waals surface area contributed by atoms with Crippen molar-refractivity contribution >= 4 is 17.7 Å². The highest BCUT2D eigenvalue weighted by Crippen LogP contribution is 1.94. The van der Waals surface area contributed by atoms with E-state index in [-0.39, 0.29) is 0 Å². The van der Waals surface area contributed by atoms with Gasteiger partial charge in [0.25, 0.3) is 0 Å². The monoisotopic (exact) mass is 143 g/mol. The molecule has 5 heteroatoms. The standard InChI is InChI=1S/C4H5N3OS/c1-7-3-4(2-5-8)9-6-7/h2-3H,1H3/b5-2+. The summed E-state index contributed by atoms with van der Waals surface area (Å²) < 4.78 is 5.49. The van der Waals surface area contributed by atoms with Crippen LogP contribution in [0.25, 0.3) is 0 Å². The zero-order valence-electron chi connectivity index (χ0n) is 4.81. The third kappa shape index (κ3) is 1.46. The van der Waals surface area contributed by atoms with Gasteiger partial charge in [-0.2, -0.15) is 0 Å². The van der Waals surface area contributed by atoms with Crippen molar-refractivity contribution in [1.82, 2.24) is 4.49 Å². The van der Waals surface area contributed by atoms with Gasteiger partial charge in [-0.1, -0.05) is 4.68 Å². The summed E-state index contributed by atoms with van der Waals surface area (Å²) in [4.78, 5) is 0.771. The predicted octanol–water partition coefficient (Wildman–Crippen LogP) is -0.116. The number of aryl methyl sites for hydroxylation is 1. The van der Waals surface area contributed by atoms with Crippen molar-refractivity contribution in [2.24, 2.45) is 12.2 Å². The third-order valence-electron chi connectivity index (χ3n) is 0.769. The Morgan fingerprint density at radius 3 is 3.22 bits per heavy atom. The minimum Gasteiger partial charge on any atom is -0.792 e. The summed E-state index contributed by atoms with van der Waals surface area (Å²) in [6.45, 7) is 0. The molecule has 0 bridgehead atoms. The van der Waals surface area contributed by atoms with Crippen molar-refractivity contribution in [3.63, 3.8) is 0 Å². The molecule has 0 aliphatic heterocycles. The van der Waals surface area contributed by atoms with Crippen LogP contribution in [0.15, 0.2) is 11.4 Å². The highest BCUT2D eigenvalue weighted by Gasteiger charge is 1.98. The summed E-state index contributed by atoms with van der Waals surface area (Å²) >= 11 is 1.24. The van der Waals surface area contributed by atoms with Crippen LogP contribution in [0.3, 0.4) is 0 Å². The fourth-order valence-electron chi connectivity index (χ4n) is 0.452. The van der Waals surface area contributed by atoms with Gasteiger partial charge in [-0.3, -0.25) is 0 Å². The number of hydrogen-bond acceptors (Lipinski definition) is 4. The normalized spacial score (nSPS) is 10.8. The van der Waals surface area contributed by atoms with Gasteiger partial charge in [-0.15, -0.1) is 0 Å². The molecule has 0 saturated heterocycles. The molecule has 0 aliphatic rings. The third-order valence-corrected chi connectivity index (χ3v) is 1.53. The molecule has 1 rings (SSSR count). The van der Waals surface area contributed by atoms with Crippen molar-refractivity contribution < 1.29 is 4.68 Å². The predicted molar refractivity (Wildman–Crippen MR) is 34.3 cm³/mol. The first kappa shape index (κ1) is 6.15. The Kier molecular flexibility index (Phi) is 1.74. The summed E-state index contributed by atoms with van der Waals surface area (Å²) in [5.74, 6) is 0. The fourth-order valence-corrected chi connectivity index (χ4v) is 1.01. The van der Waals surface area contributed by atoms with E-state index >= 15 is 0 Å². The molecule has 1 aromatic heterocycles. The average Bonchev–Trinajstić information content (AvgIpc) is 2.17. The topological polar surface area (TPSA) is 52.2 Å². The minimum atomic E-state index is 0.771. The van der Waals surface area contributed by atoms with Crippen LogP contribution >= 0.6 is 11.5 Å². The SMILES string of the molecule is C[n+]1cc(/C=N/[O-])sn1. The fraction of sp³-hybridized carbons (Fsp3) is 0.250. The van der Waals surface area contributed by atoms with Gasteiger partial charge >= 0.3 is 0 Å². The van der Waals surface area contributed by atoms with Gasteiger partial charge in [-0.25, -0.2) is 0 Å². The lowest BCUT2D eigenvalue weighted by molar-refractivity contribution is -0.722. The molecule has 1 aromatic rings. The van der Waals surface area contributed by atoms with Gasteiger partial charge in [0.1, 0.15) is 4.88 Å². The molecule has 0 atom stereocenters. The van der Waals surface area contributed by atoms with Crippen molar-refractivity contribution in [3.05, 3.63) is 16.3 Å². The maximum absolute atomic E-state index is 9.65. The molecule has 0 aromatic carbocycles. The first-order valence-corrected chi connectivity index (χ1v) is 3.08. The highest BCUT2D eigenvalue weighted by atomic mass is 32.1. The maximum Gasteiger partial charge on any atom is 0.217 e. The summed E-state index contributed by atoms with van der Waals surface area (Å²) in [6.07, 6.45) is 2.96. The second-order valence-electron chi connectivity index (χ2n) is 1.51.